The molecule has 2 aromatic rings. The van der Waals surface area contributed by atoms with Crippen LogP contribution in [0.1, 0.15) is 6.42 Å². The van der Waals surface area contributed by atoms with Gasteiger partial charge in [-0.05, 0) is 24.3 Å². The molecule has 1 heterocycles. The molecular weight excluding hydrogens is 440 g/mol. The van der Waals surface area contributed by atoms with Crippen molar-refractivity contribution < 1.29 is 23.8 Å². The van der Waals surface area contributed by atoms with Crippen LogP contribution < -0.4 is 24.4 Å². The number of hydrogen-bond donors (Lipinski definition) is 1. The van der Waals surface area contributed by atoms with E-state index >= 15 is 0 Å². The lowest BCUT2D eigenvalue weighted by atomic mass is 10.1. The van der Waals surface area contributed by atoms with Gasteiger partial charge in [0.2, 0.25) is 17.6 Å². The molecule has 1 aliphatic rings. The smallest absolute Gasteiger partial charge is 0.227 e. The summed E-state index contributed by atoms with van der Waals surface area (Å²) in [5.74, 6) is 1.43. The fourth-order valence-electron chi connectivity index (χ4n) is 3.37. The average Bonchev–Trinajstić information content (AvgIpc) is 3.18. The monoisotopic (exact) mass is 464 g/mol. The highest BCUT2D eigenvalue weighted by atomic mass is 35.5. The molecule has 1 fully saturated rings. The number of nitrogens with one attached hydrogen (secondary N) is 1. The van der Waals surface area contributed by atoms with Crippen molar-refractivity contribution in [2.24, 2.45) is 5.92 Å². The molecule has 1 N–H and O–H groups in total. The van der Waals surface area contributed by atoms with Gasteiger partial charge in [0.1, 0.15) is 0 Å². The second kappa shape index (κ2) is 10.6. The summed E-state index contributed by atoms with van der Waals surface area (Å²) < 4.78 is 16.1. The van der Waals surface area contributed by atoms with Crippen LogP contribution in [0.3, 0.4) is 0 Å². The molecule has 0 spiro atoms. The van der Waals surface area contributed by atoms with Crippen molar-refractivity contribution in [3.8, 4) is 17.2 Å². The van der Waals surface area contributed by atoms with Crippen molar-refractivity contribution in [1.82, 2.24) is 5.32 Å². The highest BCUT2D eigenvalue weighted by Crippen LogP contribution is 2.42. The van der Waals surface area contributed by atoms with E-state index in [9.17, 15) is 9.59 Å². The molecule has 0 aromatic heterocycles. The fourth-order valence-corrected chi connectivity index (χ4v) is 4.27. The number of methoxy groups -OCH3 is 3. The summed E-state index contributed by atoms with van der Waals surface area (Å²) in [4.78, 5) is 27.9. The zero-order chi connectivity index (χ0) is 22.4. The molecule has 166 valence electrons. The third-order valence-corrected chi connectivity index (χ3v) is 6.21. The molecule has 2 aromatic carbocycles. The van der Waals surface area contributed by atoms with Gasteiger partial charge in [-0.3, -0.25) is 9.59 Å². The largest absolute Gasteiger partial charge is 0.493 e. The number of carbonyl (C=O) groups excluding carboxylic acids is 2. The normalized spacial score (nSPS) is 15.7. The number of hydrogen-bond acceptors (Lipinski definition) is 6. The Morgan fingerprint density at radius 1 is 1.13 bits per heavy atom. The number of ether oxygens (including phenoxy) is 3. The number of halogens is 1. The number of benzene rings is 2. The molecule has 0 bridgehead atoms. The van der Waals surface area contributed by atoms with Crippen molar-refractivity contribution in [3.05, 3.63) is 41.4 Å². The van der Waals surface area contributed by atoms with Gasteiger partial charge in [-0.25, -0.2) is 0 Å². The van der Waals surface area contributed by atoms with E-state index < -0.39 is 5.92 Å². The molecule has 2 amide bonds. The van der Waals surface area contributed by atoms with Crippen LogP contribution in [0.4, 0.5) is 5.69 Å². The molecule has 7 nitrogen and oxygen atoms in total. The third-order valence-electron chi connectivity index (χ3n) is 4.94. The average molecular weight is 465 g/mol. The Bertz CT molecular complexity index is 913. The highest BCUT2D eigenvalue weighted by Gasteiger charge is 2.35. The molecule has 0 aliphatic carbocycles. The SMILES string of the molecule is COc1cc(N2CC(C(=O)NCCSc3ccc(Cl)cc3)CC2=O)cc(OC)c1OC. The summed E-state index contributed by atoms with van der Waals surface area (Å²) in [5.41, 5.74) is 0.605. The molecular formula is C22H25ClN2O5S. The van der Waals surface area contributed by atoms with Crippen molar-refractivity contribution in [2.45, 2.75) is 11.3 Å². The minimum absolute atomic E-state index is 0.120. The van der Waals surface area contributed by atoms with Gasteiger partial charge in [0, 0.05) is 47.3 Å². The van der Waals surface area contributed by atoms with Crippen molar-refractivity contribution in [3.63, 3.8) is 0 Å². The molecule has 1 unspecified atom stereocenters. The molecule has 1 atom stereocenters. The maximum absolute atomic E-state index is 12.6. The van der Waals surface area contributed by atoms with Gasteiger partial charge in [-0.1, -0.05) is 11.6 Å². The first-order valence-corrected chi connectivity index (χ1v) is 11.1. The van der Waals surface area contributed by atoms with E-state index in [0.29, 0.717) is 41.0 Å². The maximum Gasteiger partial charge on any atom is 0.227 e. The topological polar surface area (TPSA) is 77.1 Å². The van der Waals surface area contributed by atoms with Crippen LogP contribution >= 0.6 is 23.4 Å². The van der Waals surface area contributed by atoms with Crippen LogP contribution in [0.5, 0.6) is 17.2 Å². The Hall–Kier alpha value is -2.58. The maximum atomic E-state index is 12.6. The van der Waals surface area contributed by atoms with Crippen LogP contribution in [-0.2, 0) is 9.59 Å². The minimum Gasteiger partial charge on any atom is -0.493 e. The fraction of sp³-hybridized carbons (Fsp3) is 0.364. The predicted molar refractivity (Wildman–Crippen MR) is 122 cm³/mol. The number of carbonyl (C=O) groups is 2. The highest BCUT2D eigenvalue weighted by molar-refractivity contribution is 7.99. The van der Waals surface area contributed by atoms with Crippen molar-refractivity contribution in [1.29, 1.82) is 0 Å². The zero-order valence-electron chi connectivity index (χ0n) is 17.6. The van der Waals surface area contributed by atoms with E-state index in [1.807, 2.05) is 24.3 Å². The second-order valence-electron chi connectivity index (χ2n) is 6.88. The summed E-state index contributed by atoms with van der Waals surface area (Å²) in [6.45, 7) is 0.814. The van der Waals surface area contributed by atoms with Crippen LogP contribution in [0, 0.1) is 5.92 Å². The van der Waals surface area contributed by atoms with Gasteiger partial charge >= 0.3 is 0 Å². The molecule has 1 aliphatic heterocycles. The number of anilines is 1. The minimum atomic E-state index is -0.410. The zero-order valence-corrected chi connectivity index (χ0v) is 19.2. The third kappa shape index (κ3) is 5.57. The quantitative estimate of drug-likeness (QED) is 0.451. The van der Waals surface area contributed by atoms with Gasteiger partial charge in [0.05, 0.1) is 32.9 Å². The number of amides is 2. The van der Waals surface area contributed by atoms with E-state index in [1.165, 1.54) is 21.3 Å². The van der Waals surface area contributed by atoms with Crippen LogP contribution in [0.25, 0.3) is 0 Å². The van der Waals surface area contributed by atoms with Gasteiger partial charge < -0.3 is 24.4 Å². The standard InChI is InChI=1S/C22H25ClN2O5S/c1-28-18-11-16(12-19(29-2)21(18)30-3)25-13-14(10-20(25)26)22(27)24-8-9-31-17-6-4-15(23)5-7-17/h4-7,11-12,14H,8-10,13H2,1-3H3,(H,24,27). The first-order valence-electron chi connectivity index (χ1n) is 9.73. The first kappa shape index (κ1) is 23.1. The van der Waals surface area contributed by atoms with Gasteiger partial charge in [-0.15, -0.1) is 11.8 Å². The summed E-state index contributed by atoms with van der Waals surface area (Å²) in [7, 11) is 4.56. The Labute approximate surface area is 191 Å². The molecule has 9 heteroatoms. The molecule has 0 radical (unpaired) electrons. The summed E-state index contributed by atoms with van der Waals surface area (Å²) >= 11 is 7.52. The Morgan fingerprint density at radius 3 is 2.35 bits per heavy atom. The number of rotatable bonds is 9. The van der Waals surface area contributed by atoms with E-state index in [0.717, 1.165) is 10.6 Å². The molecule has 1 saturated heterocycles. The molecule has 0 saturated carbocycles. The lowest BCUT2D eigenvalue weighted by molar-refractivity contribution is -0.126. The summed E-state index contributed by atoms with van der Waals surface area (Å²) in [6.07, 6.45) is 0.160. The Morgan fingerprint density at radius 2 is 1.77 bits per heavy atom. The second-order valence-corrected chi connectivity index (χ2v) is 8.49. The number of nitrogens with zero attached hydrogens (tertiary/aromatic N) is 1. The van der Waals surface area contributed by atoms with Crippen molar-refractivity contribution >= 4 is 40.9 Å². The Kier molecular flexibility index (Phi) is 7.92. The molecule has 31 heavy (non-hydrogen) atoms. The van der Waals surface area contributed by atoms with Gasteiger partial charge in [0.25, 0.3) is 0 Å². The van der Waals surface area contributed by atoms with Crippen LogP contribution in [0.15, 0.2) is 41.3 Å². The van der Waals surface area contributed by atoms with E-state index in [1.54, 1.807) is 28.8 Å². The van der Waals surface area contributed by atoms with E-state index in [-0.39, 0.29) is 18.2 Å². The van der Waals surface area contributed by atoms with E-state index in [2.05, 4.69) is 5.32 Å². The van der Waals surface area contributed by atoms with Gasteiger partial charge in [0.15, 0.2) is 11.5 Å². The first-order chi connectivity index (χ1) is 15.0. The molecule has 3 rings (SSSR count). The number of thioether (sulfide) groups is 1. The lowest BCUT2D eigenvalue weighted by Gasteiger charge is -2.20. The van der Waals surface area contributed by atoms with Crippen molar-refractivity contribution in [2.75, 3.05) is 45.1 Å². The summed E-state index contributed by atoms with van der Waals surface area (Å²) in [5, 5.41) is 3.62. The Balaban J connectivity index is 1.58. The summed E-state index contributed by atoms with van der Waals surface area (Å²) in [6, 6.07) is 11.0. The van der Waals surface area contributed by atoms with Crippen LogP contribution in [0.2, 0.25) is 5.02 Å². The van der Waals surface area contributed by atoms with Gasteiger partial charge in [-0.2, -0.15) is 0 Å². The lowest BCUT2D eigenvalue weighted by Crippen LogP contribution is -2.34. The van der Waals surface area contributed by atoms with E-state index in [4.69, 9.17) is 25.8 Å². The van der Waals surface area contributed by atoms with Crippen LogP contribution in [-0.4, -0.2) is 52.0 Å². The predicted octanol–water partition coefficient (Wildman–Crippen LogP) is 3.63.